The zero-order valence-corrected chi connectivity index (χ0v) is 11.6. The largest absolute Gasteiger partial charge is 0.384 e. The molecule has 1 aliphatic rings. The Hall–Kier alpha value is -1.16. The molecule has 1 fully saturated rings. The van der Waals surface area contributed by atoms with Gasteiger partial charge in [-0.2, -0.15) is 0 Å². The molecule has 0 spiro atoms. The lowest BCUT2D eigenvalue weighted by Gasteiger charge is -2.33. The Kier molecular flexibility index (Phi) is 4.53. The van der Waals surface area contributed by atoms with Gasteiger partial charge < -0.3 is 9.64 Å². The summed E-state index contributed by atoms with van der Waals surface area (Å²) in [4.78, 5) is 11.4. The van der Waals surface area contributed by atoms with Gasteiger partial charge in [0.05, 0.1) is 6.61 Å². The predicted octanol–water partition coefficient (Wildman–Crippen LogP) is 2.21. The minimum absolute atomic E-state index is 0.629. The number of aromatic nitrogens is 2. The van der Waals surface area contributed by atoms with Crippen LogP contribution in [0.3, 0.4) is 0 Å². The Morgan fingerprint density at radius 2 is 2.28 bits per heavy atom. The van der Waals surface area contributed by atoms with Crippen LogP contribution in [0.15, 0.2) is 6.07 Å². The second-order valence-electron chi connectivity index (χ2n) is 5.03. The zero-order valence-electron chi connectivity index (χ0n) is 11.6. The van der Waals surface area contributed by atoms with Gasteiger partial charge in [0.2, 0.25) is 0 Å². The van der Waals surface area contributed by atoms with Gasteiger partial charge in [0.25, 0.3) is 0 Å². The van der Waals surface area contributed by atoms with Crippen molar-refractivity contribution in [2.45, 2.75) is 33.1 Å². The van der Waals surface area contributed by atoms with Crippen LogP contribution in [-0.4, -0.2) is 36.8 Å². The van der Waals surface area contributed by atoms with Crippen LogP contribution in [0.5, 0.6) is 0 Å². The molecule has 0 aliphatic carbocycles. The number of aryl methyl sites for hydroxylation is 2. The fourth-order valence-corrected chi connectivity index (χ4v) is 2.60. The lowest BCUT2D eigenvalue weighted by Crippen LogP contribution is -2.37. The molecular formula is C14H23N3O. The minimum atomic E-state index is 0.629. The second kappa shape index (κ2) is 6.14. The molecule has 4 nitrogen and oxygen atoms in total. The number of piperidine rings is 1. The van der Waals surface area contributed by atoms with E-state index in [-0.39, 0.29) is 0 Å². The Balaban J connectivity index is 2.12. The molecule has 0 saturated carbocycles. The van der Waals surface area contributed by atoms with Gasteiger partial charge >= 0.3 is 0 Å². The van der Waals surface area contributed by atoms with Gasteiger partial charge in [0.15, 0.2) is 0 Å². The fraction of sp³-hybridized carbons (Fsp3) is 0.714. The van der Waals surface area contributed by atoms with Gasteiger partial charge in [-0.25, -0.2) is 9.97 Å². The van der Waals surface area contributed by atoms with Crippen LogP contribution in [0.25, 0.3) is 0 Å². The smallest absolute Gasteiger partial charge is 0.132 e. The van der Waals surface area contributed by atoms with E-state index in [9.17, 15) is 0 Å². The summed E-state index contributed by atoms with van der Waals surface area (Å²) >= 11 is 0. The molecular weight excluding hydrogens is 226 g/mol. The highest BCUT2D eigenvalue weighted by Crippen LogP contribution is 2.22. The number of ether oxygens (including phenoxy) is 1. The van der Waals surface area contributed by atoms with Crippen molar-refractivity contribution < 1.29 is 4.74 Å². The van der Waals surface area contributed by atoms with Gasteiger partial charge in [0, 0.05) is 32.0 Å². The average Bonchev–Trinajstić information content (AvgIpc) is 2.39. The summed E-state index contributed by atoms with van der Waals surface area (Å²) in [6, 6.07) is 2.13. The molecule has 0 bridgehead atoms. The minimum Gasteiger partial charge on any atom is -0.384 e. The van der Waals surface area contributed by atoms with Crippen molar-refractivity contribution in [3.63, 3.8) is 0 Å². The van der Waals surface area contributed by atoms with E-state index in [1.54, 1.807) is 7.11 Å². The van der Waals surface area contributed by atoms with Crippen molar-refractivity contribution in [3.05, 3.63) is 17.6 Å². The van der Waals surface area contributed by atoms with Crippen molar-refractivity contribution in [2.75, 3.05) is 31.7 Å². The maximum atomic E-state index is 5.27. The quantitative estimate of drug-likeness (QED) is 0.820. The van der Waals surface area contributed by atoms with Gasteiger partial charge in [-0.1, -0.05) is 6.92 Å². The number of hydrogen-bond donors (Lipinski definition) is 0. The maximum absolute atomic E-state index is 5.27. The van der Waals surface area contributed by atoms with Crippen LogP contribution in [-0.2, 0) is 11.2 Å². The molecule has 0 aromatic carbocycles. The Labute approximate surface area is 109 Å². The first-order chi connectivity index (χ1) is 8.72. The van der Waals surface area contributed by atoms with E-state index in [2.05, 4.69) is 27.9 Å². The van der Waals surface area contributed by atoms with Crippen molar-refractivity contribution in [1.82, 2.24) is 9.97 Å². The number of rotatable bonds is 4. The molecule has 18 heavy (non-hydrogen) atoms. The van der Waals surface area contributed by atoms with Crippen LogP contribution in [0, 0.1) is 12.8 Å². The van der Waals surface area contributed by atoms with Crippen LogP contribution >= 0.6 is 0 Å². The van der Waals surface area contributed by atoms with Crippen molar-refractivity contribution in [3.8, 4) is 0 Å². The molecule has 0 N–H and O–H groups in total. The standard InChI is InChI=1S/C14H23N3O/c1-4-13-8-14(16-11(2)15-13)17-7-5-6-12(9-17)10-18-3/h8,12H,4-7,9-10H2,1-3H3. The molecule has 1 atom stereocenters. The topological polar surface area (TPSA) is 38.2 Å². The van der Waals surface area contributed by atoms with Crippen LogP contribution < -0.4 is 4.90 Å². The van der Waals surface area contributed by atoms with E-state index >= 15 is 0 Å². The Bertz CT molecular complexity index is 393. The lowest BCUT2D eigenvalue weighted by molar-refractivity contribution is 0.143. The maximum Gasteiger partial charge on any atom is 0.132 e. The summed E-state index contributed by atoms with van der Waals surface area (Å²) in [6.45, 7) is 7.10. The highest BCUT2D eigenvalue weighted by atomic mass is 16.5. The van der Waals surface area contributed by atoms with Crippen LogP contribution in [0.1, 0.15) is 31.3 Å². The average molecular weight is 249 g/mol. The highest BCUT2D eigenvalue weighted by molar-refractivity contribution is 5.40. The summed E-state index contributed by atoms with van der Waals surface area (Å²) in [7, 11) is 1.78. The molecule has 1 aromatic rings. The van der Waals surface area contributed by atoms with E-state index in [1.165, 1.54) is 12.8 Å². The van der Waals surface area contributed by atoms with E-state index in [0.717, 1.165) is 43.5 Å². The van der Waals surface area contributed by atoms with Crippen molar-refractivity contribution in [1.29, 1.82) is 0 Å². The zero-order chi connectivity index (χ0) is 13.0. The summed E-state index contributed by atoms with van der Waals surface area (Å²) in [5.41, 5.74) is 1.13. The highest BCUT2D eigenvalue weighted by Gasteiger charge is 2.21. The molecule has 1 aliphatic heterocycles. The first-order valence-electron chi connectivity index (χ1n) is 6.81. The number of nitrogens with zero attached hydrogens (tertiary/aromatic N) is 3. The normalized spacial score (nSPS) is 20.2. The second-order valence-corrected chi connectivity index (χ2v) is 5.03. The van der Waals surface area contributed by atoms with Crippen molar-refractivity contribution in [2.24, 2.45) is 5.92 Å². The number of methoxy groups -OCH3 is 1. The lowest BCUT2D eigenvalue weighted by atomic mass is 9.99. The molecule has 100 valence electrons. The number of anilines is 1. The van der Waals surface area contributed by atoms with E-state index in [0.29, 0.717) is 5.92 Å². The first-order valence-corrected chi connectivity index (χ1v) is 6.81. The molecule has 0 amide bonds. The summed E-state index contributed by atoms with van der Waals surface area (Å²) in [5, 5.41) is 0. The third kappa shape index (κ3) is 3.19. The molecule has 1 aromatic heterocycles. The van der Waals surface area contributed by atoms with Crippen LogP contribution in [0.2, 0.25) is 0 Å². The fourth-order valence-electron chi connectivity index (χ4n) is 2.60. The molecule has 1 unspecified atom stereocenters. The summed E-state index contributed by atoms with van der Waals surface area (Å²) < 4.78 is 5.27. The third-order valence-corrected chi connectivity index (χ3v) is 3.49. The Morgan fingerprint density at radius 1 is 1.44 bits per heavy atom. The van der Waals surface area contributed by atoms with Gasteiger partial charge in [-0.3, -0.25) is 0 Å². The summed E-state index contributed by atoms with van der Waals surface area (Å²) in [5.74, 6) is 2.59. The van der Waals surface area contributed by atoms with E-state index in [1.807, 2.05) is 6.92 Å². The number of hydrogen-bond acceptors (Lipinski definition) is 4. The molecule has 4 heteroatoms. The molecule has 2 heterocycles. The predicted molar refractivity (Wildman–Crippen MR) is 73.0 cm³/mol. The third-order valence-electron chi connectivity index (χ3n) is 3.49. The molecule has 2 rings (SSSR count). The van der Waals surface area contributed by atoms with Gasteiger partial charge in [-0.15, -0.1) is 0 Å². The molecule has 0 radical (unpaired) electrons. The monoisotopic (exact) mass is 249 g/mol. The summed E-state index contributed by atoms with van der Waals surface area (Å²) in [6.07, 6.45) is 3.44. The van der Waals surface area contributed by atoms with Crippen LogP contribution in [0.4, 0.5) is 5.82 Å². The van der Waals surface area contributed by atoms with Crippen molar-refractivity contribution >= 4 is 5.82 Å². The van der Waals surface area contributed by atoms with Gasteiger partial charge in [-0.05, 0) is 32.1 Å². The molecule has 1 saturated heterocycles. The SMILES string of the molecule is CCc1cc(N2CCCC(COC)C2)nc(C)n1. The van der Waals surface area contributed by atoms with Gasteiger partial charge in [0.1, 0.15) is 11.6 Å². The Morgan fingerprint density at radius 3 is 3.00 bits per heavy atom. The van der Waals surface area contributed by atoms with E-state index < -0.39 is 0 Å². The van der Waals surface area contributed by atoms with E-state index in [4.69, 9.17) is 4.74 Å². The first kappa shape index (κ1) is 13.3.